The number of aliphatic hydroxyl groups is 1. The number of benzene rings is 2. The molecule has 7 nitrogen and oxygen atoms in total. The molecule has 2 aromatic carbocycles. The van der Waals surface area contributed by atoms with Crippen molar-refractivity contribution in [2.75, 3.05) is 32.1 Å². The summed E-state index contributed by atoms with van der Waals surface area (Å²) in [6.45, 7) is 0.979. The lowest BCUT2D eigenvalue weighted by molar-refractivity contribution is 0.201. The molecule has 0 fully saturated rings. The molecule has 4 rings (SSSR count). The van der Waals surface area contributed by atoms with Crippen LogP contribution in [0.15, 0.2) is 47.7 Å². The van der Waals surface area contributed by atoms with Crippen LogP contribution in [0.4, 0.5) is 11.6 Å². The van der Waals surface area contributed by atoms with Crippen LogP contribution in [0.5, 0.6) is 5.75 Å². The summed E-state index contributed by atoms with van der Waals surface area (Å²) in [7, 11) is 1.94. The van der Waals surface area contributed by atoms with Gasteiger partial charge < -0.3 is 15.2 Å². The SMILES string of the molecule is C#Cc1ccc2nc(Nc3cc(OCCO)cc(C4C=NN(C)C4)c3)ncc2c1. The highest BCUT2D eigenvalue weighted by molar-refractivity contribution is 5.81. The highest BCUT2D eigenvalue weighted by Gasteiger charge is 2.18. The van der Waals surface area contributed by atoms with Crippen LogP contribution in [0.2, 0.25) is 0 Å². The summed E-state index contributed by atoms with van der Waals surface area (Å²) >= 11 is 0. The maximum Gasteiger partial charge on any atom is 0.227 e. The van der Waals surface area contributed by atoms with Crippen LogP contribution in [0.3, 0.4) is 0 Å². The van der Waals surface area contributed by atoms with Gasteiger partial charge in [0.05, 0.1) is 12.1 Å². The molecule has 29 heavy (non-hydrogen) atoms. The molecule has 0 radical (unpaired) electrons. The number of aliphatic hydroxyl groups excluding tert-OH is 1. The van der Waals surface area contributed by atoms with Crippen molar-refractivity contribution in [3.05, 3.63) is 53.7 Å². The van der Waals surface area contributed by atoms with Crippen molar-refractivity contribution in [3.8, 4) is 18.1 Å². The Morgan fingerprint density at radius 1 is 1.31 bits per heavy atom. The maximum atomic E-state index is 9.08. The molecule has 0 spiro atoms. The first-order valence-corrected chi connectivity index (χ1v) is 9.29. The van der Waals surface area contributed by atoms with E-state index < -0.39 is 0 Å². The molecule has 1 unspecified atom stereocenters. The van der Waals surface area contributed by atoms with E-state index in [-0.39, 0.29) is 19.1 Å². The standard InChI is InChI=1S/C22H21N5O2/c1-3-15-4-5-21-17(8-15)12-23-22(26-21)25-19-9-16(18-13-24-27(2)14-18)10-20(11-19)29-7-6-28/h1,4-5,8-13,18,28H,6-7,14H2,2H3,(H,23,25,26). The minimum absolute atomic E-state index is 0.0476. The number of anilines is 2. The second kappa shape index (κ2) is 8.17. The number of nitrogens with one attached hydrogen (secondary N) is 1. The second-order valence-corrected chi connectivity index (χ2v) is 6.81. The first-order valence-electron chi connectivity index (χ1n) is 9.29. The van der Waals surface area contributed by atoms with E-state index in [2.05, 4.69) is 26.3 Å². The number of likely N-dealkylation sites (N-methyl/N-ethyl adjacent to an activating group) is 1. The number of hydrogen-bond acceptors (Lipinski definition) is 7. The van der Waals surface area contributed by atoms with Gasteiger partial charge in [0.15, 0.2) is 0 Å². The molecule has 0 saturated heterocycles. The molecule has 1 aliphatic heterocycles. The van der Waals surface area contributed by atoms with E-state index in [1.54, 1.807) is 6.20 Å². The van der Waals surface area contributed by atoms with Crippen molar-refractivity contribution in [2.45, 2.75) is 5.92 Å². The lowest BCUT2D eigenvalue weighted by Crippen LogP contribution is -2.12. The molecular weight excluding hydrogens is 366 g/mol. The quantitative estimate of drug-likeness (QED) is 0.633. The van der Waals surface area contributed by atoms with Gasteiger partial charge in [-0.1, -0.05) is 5.92 Å². The fraction of sp³-hybridized carbons (Fsp3) is 0.227. The monoisotopic (exact) mass is 387 g/mol. The van der Waals surface area contributed by atoms with Gasteiger partial charge in [-0.25, -0.2) is 9.97 Å². The third-order valence-corrected chi connectivity index (χ3v) is 4.62. The number of hydrazone groups is 1. The van der Waals surface area contributed by atoms with Crippen molar-refractivity contribution >= 4 is 28.8 Å². The second-order valence-electron chi connectivity index (χ2n) is 6.81. The Bertz CT molecular complexity index is 1110. The van der Waals surface area contributed by atoms with Gasteiger partial charge in [0.2, 0.25) is 5.95 Å². The fourth-order valence-corrected chi connectivity index (χ4v) is 3.23. The van der Waals surface area contributed by atoms with Gasteiger partial charge in [0.1, 0.15) is 12.4 Å². The van der Waals surface area contributed by atoms with Crippen LogP contribution in [0.25, 0.3) is 10.9 Å². The number of hydrogen-bond donors (Lipinski definition) is 2. The van der Waals surface area contributed by atoms with Crippen molar-refractivity contribution in [1.29, 1.82) is 0 Å². The minimum Gasteiger partial charge on any atom is -0.491 e. The smallest absolute Gasteiger partial charge is 0.227 e. The Kier molecular flexibility index (Phi) is 5.27. The lowest BCUT2D eigenvalue weighted by Gasteiger charge is -2.15. The largest absolute Gasteiger partial charge is 0.491 e. The summed E-state index contributed by atoms with van der Waals surface area (Å²) in [5.41, 5.74) is 3.47. The van der Waals surface area contributed by atoms with Crippen molar-refractivity contribution < 1.29 is 9.84 Å². The average molecular weight is 387 g/mol. The summed E-state index contributed by atoms with van der Waals surface area (Å²) in [5, 5.41) is 19.4. The summed E-state index contributed by atoms with van der Waals surface area (Å²) in [6, 6.07) is 11.5. The Balaban J connectivity index is 1.63. The lowest BCUT2D eigenvalue weighted by atomic mass is 10.00. The summed E-state index contributed by atoms with van der Waals surface area (Å²) in [5.74, 6) is 3.93. The van der Waals surface area contributed by atoms with Gasteiger partial charge in [-0.3, -0.25) is 5.01 Å². The summed E-state index contributed by atoms with van der Waals surface area (Å²) in [4.78, 5) is 8.97. The molecular formula is C22H21N5O2. The van der Waals surface area contributed by atoms with Gasteiger partial charge in [0.25, 0.3) is 0 Å². The molecule has 2 heterocycles. The van der Waals surface area contributed by atoms with E-state index >= 15 is 0 Å². The maximum absolute atomic E-state index is 9.08. The van der Waals surface area contributed by atoms with E-state index in [1.165, 1.54) is 0 Å². The van der Waals surface area contributed by atoms with Crippen LogP contribution in [-0.4, -0.2) is 53.1 Å². The summed E-state index contributed by atoms with van der Waals surface area (Å²) in [6.07, 6.45) is 9.12. The van der Waals surface area contributed by atoms with Crippen molar-refractivity contribution in [3.63, 3.8) is 0 Å². The van der Waals surface area contributed by atoms with Crippen LogP contribution in [0, 0.1) is 12.3 Å². The van der Waals surface area contributed by atoms with Crippen LogP contribution in [0.1, 0.15) is 17.0 Å². The Hall–Kier alpha value is -3.63. The molecule has 1 aromatic heterocycles. The topological polar surface area (TPSA) is 82.9 Å². The minimum atomic E-state index is -0.0476. The molecule has 3 aromatic rings. The predicted octanol–water partition coefficient (Wildman–Crippen LogP) is 2.74. The number of nitrogens with zero attached hydrogens (tertiary/aromatic N) is 4. The van der Waals surface area contributed by atoms with Gasteiger partial charge in [-0.15, -0.1) is 6.42 Å². The summed E-state index contributed by atoms with van der Waals surface area (Å²) < 4.78 is 5.65. The third kappa shape index (κ3) is 4.28. The van der Waals surface area contributed by atoms with Crippen LogP contribution in [-0.2, 0) is 0 Å². The van der Waals surface area contributed by atoms with Gasteiger partial charge in [-0.2, -0.15) is 5.10 Å². The Morgan fingerprint density at radius 3 is 2.97 bits per heavy atom. The van der Waals surface area contributed by atoms with Crippen molar-refractivity contribution in [2.24, 2.45) is 5.10 Å². The third-order valence-electron chi connectivity index (χ3n) is 4.62. The van der Waals surface area contributed by atoms with Crippen molar-refractivity contribution in [1.82, 2.24) is 15.0 Å². The van der Waals surface area contributed by atoms with Gasteiger partial charge in [0, 0.05) is 54.6 Å². The number of rotatable bonds is 6. The molecule has 0 amide bonds. The molecule has 146 valence electrons. The fourth-order valence-electron chi connectivity index (χ4n) is 3.23. The van der Waals surface area contributed by atoms with E-state index in [4.69, 9.17) is 16.3 Å². The average Bonchev–Trinajstić information content (AvgIpc) is 3.18. The molecule has 0 saturated carbocycles. The van der Waals surface area contributed by atoms with Gasteiger partial charge in [-0.05, 0) is 35.9 Å². The number of terminal acetylenes is 1. The van der Waals surface area contributed by atoms with Gasteiger partial charge >= 0.3 is 0 Å². The van der Waals surface area contributed by atoms with Crippen LogP contribution >= 0.6 is 0 Å². The first-order chi connectivity index (χ1) is 14.1. The first kappa shape index (κ1) is 18.7. The highest BCUT2D eigenvalue weighted by Crippen LogP contribution is 2.29. The predicted molar refractivity (Wildman–Crippen MR) is 114 cm³/mol. The number of aromatic nitrogens is 2. The molecule has 2 N–H and O–H groups in total. The molecule has 1 atom stereocenters. The zero-order valence-corrected chi connectivity index (χ0v) is 16.0. The number of ether oxygens (including phenoxy) is 1. The van der Waals surface area contributed by atoms with Crippen LogP contribution < -0.4 is 10.1 Å². The van der Waals surface area contributed by atoms with E-state index in [9.17, 15) is 0 Å². The Morgan fingerprint density at radius 2 is 2.21 bits per heavy atom. The molecule has 1 aliphatic rings. The number of fused-ring (bicyclic) bond motifs is 1. The van der Waals surface area contributed by atoms with E-state index in [0.717, 1.165) is 34.3 Å². The molecule has 0 aliphatic carbocycles. The molecule has 7 heteroatoms. The Labute approximate surface area is 169 Å². The zero-order chi connectivity index (χ0) is 20.2. The highest BCUT2D eigenvalue weighted by atomic mass is 16.5. The normalized spacial score (nSPS) is 15.5. The van der Waals surface area contributed by atoms with E-state index in [1.807, 2.05) is 54.7 Å². The zero-order valence-electron chi connectivity index (χ0n) is 16.0. The molecule has 0 bridgehead atoms. The van der Waals surface area contributed by atoms with E-state index in [0.29, 0.717) is 11.7 Å².